The van der Waals surface area contributed by atoms with Gasteiger partial charge in [0.1, 0.15) is 12.6 Å². The quantitative estimate of drug-likeness (QED) is 0.699. The van der Waals surface area contributed by atoms with Gasteiger partial charge in [0.05, 0.1) is 0 Å². The number of halogens is 3. The predicted octanol–water partition coefficient (Wildman–Crippen LogP) is 0.890. The first kappa shape index (κ1) is 11.5. The standard InChI is InChI=1S/C9H9F3N2O/c1-13-8(15)6-3-4-7(9(10,11)12)14(2)5-6/h3-5H,1-2H3/p+1. The highest BCUT2D eigenvalue weighted by atomic mass is 19.4. The Morgan fingerprint density at radius 2 is 2.00 bits per heavy atom. The van der Waals surface area contributed by atoms with Crippen molar-refractivity contribution in [1.82, 2.24) is 5.32 Å². The van der Waals surface area contributed by atoms with E-state index in [9.17, 15) is 18.0 Å². The van der Waals surface area contributed by atoms with E-state index in [4.69, 9.17) is 0 Å². The number of hydrogen-bond acceptors (Lipinski definition) is 1. The molecular formula is C9H10F3N2O+. The van der Waals surface area contributed by atoms with Gasteiger partial charge < -0.3 is 5.32 Å². The van der Waals surface area contributed by atoms with E-state index in [1.165, 1.54) is 14.1 Å². The van der Waals surface area contributed by atoms with Crippen LogP contribution in [0.5, 0.6) is 0 Å². The Kier molecular flexibility index (Phi) is 2.97. The molecule has 3 nitrogen and oxygen atoms in total. The number of hydrogen-bond donors (Lipinski definition) is 1. The summed E-state index contributed by atoms with van der Waals surface area (Å²) in [5, 5.41) is 2.33. The first-order valence-electron chi connectivity index (χ1n) is 4.15. The van der Waals surface area contributed by atoms with Gasteiger partial charge in [0, 0.05) is 13.1 Å². The number of nitrogens with one attached hydrogen (secondary N) is 1. The van der Waals surface area contributed by atoms with Crippen molar-refractivity contribution in [1.29, 1.82) is 0 Å². The summed E-state index contributed by atoms with van der Waals surface area (Å²) in [6.45, 7) is 0. The molecule has 1 aromatic rings. The molecule has 0 fully saturated rings. The van der Waals surface area contributed by atoms with Crippen LogP contribution in [0.1, 0.15) is 16.1 Å². The first-order chi connectivity index (χ1) is 6.86. The van der Waals surface area contributed by atoms with Crippen molar-refractivity contribution in [3.8, 4) is 0 Å². The average molecular weight is 219 g/mol. The summed E-state index contributed by atoms with van der Waals surface area (Å²) in [6.07, 6.45) is -3.27. The lowest BCUT2D eigenvalue weighted by Crippen LogP contribution is -2.39. The number of alkyl halides is 3. The Hall–Kier alpha value is -1.59. The molecule has 0 saturated heterocycles. The number of nitrogens with zero attached hydrogens (tertiary/aromatic N) is 1. The zero-order valence-corrected chi connectivity index (χ0v) is 8.22. The molecule has 0 unspecified atom stereocenters. The molecule has 0 aromatic carbocycles. The van der Waals surface area contributed by atoms with Crippen molar-refractivity contribution in [3.63, 3.8) is 0 Å². The third kappa shape index (κ3) is 2.45. The van der Waals surface area contributed by atoms with Gasteiger partial charge in [-0.25, -0.2) is 0 Å². The third-order valence-corrected chi connectivity index (χ3v) is 1.91. The molecule has 82 valence electrons. The summed E-state index contributed by atoms with van der Waals surface area (Å²) in [5.74, 6) is -0.417. The lowest BCUT2D eigenvalue weighted by atomic mass is 10.2. The monoisotopic (exact) mass is 219 g/mol. The Labute approximate surface area is 84.5 Å². The van der Waals surface area contributed by atoms with Gasteiger partial charge in [-0.3, -0.25) is 4.79 Å². The fourth-order valence-electron chi connectivity index (χ4n) is 1.18. The third-order valence-electron chi connectivity index (χ3n) is 1.91. The van der Waals surface area contributed by atoms with Crippen LogP contribution in [0.3, 0.4) is 0 Å². The summed E-state index contributed by atoms with van der Waals surface area (Å²) in [4.78, 5) is 11.1. The summed E-state index contributed by atoms with van der Waals surface area (Å²) in [7, 11) is 2.66. The molecular weight excluding hydrogens is 209 g/mol. The highest BCUT2D eigenvalue weighted by Gasteiger charge is 2.39. The van der Waals surface area contributed by atoms with Gasteiger partial charge in [0.25, 0.3) is 11.6 Å². The van der Waals surface area contributed by atoms with Crippen LogP contribution < -0.4 is 9.88 Å². The van der Waals surface area contributed by atoms with Gasteiger partial charge >= 0.3 is 6.18 Å². The lowest BCUT2D eigenvalue weighted by molar-refractivity contribution is -0.691. The minimum absolute atomic E-state index is 0.188. The normalized spacial score (nSPS) is 11.3. The van der Waals surface area contributed by atoms with Gasteiger partial charge in [0.2, 0.25) is 0 Å². The van der Waals surface area contributed by atoms with Gasteiger partial charge in [-0.2, -0.15) is 17.7 Å². The molecule has 1 heterocycles. The van der Waals surface area contributed by atoms with E-state index in [0.717, 1.165) is 22.9 Å². The van der Waals surface area contributed by atoms with Crippen molar-refractivity contribution in [2.24, 2.45) is 7.05 Å². The van der Waals surface area contributed by atoms with E-state index in [1.807, 2.05) is 0 Å². The fraction of sp³-hybridized carbons (Fsp3) is 0.333. The molecule has 1 amide bonds. The molecule has 0 saturated carbocycles. The van der Waals surface area contributed by atoms with Crippen LogP contribution in [0.4, 0.5) is 13.2 Å². The molecule has 15 heavy (non-hydrogen) atoms. The number of aromatic nitrogens is 1. The Morgan fingerprint density at radius 3 is 2.40 bits per heavy atom. The van der Waals surface area contributed by atoms with E-state index >= 15 is 0 Å². The maximum Gasteiger partial charge on any atom is 0.477 e. The maximum atomic E-state index is 12.3. The Bertz CT molecular complexity index is 387. The smallest absolute Gasteiger partial charge is 0.355 e. The van der Waals surface area contributed by atoms with Crippen LogP contribution >= 0.6 is 0 Å². The molecule has 6 heteroatoms. The van der Waals surface area contributed by atoms with Crippen LogP contribution in [0, 0.1) is 0 Å². The Morgan fingerprint density at radius 1 is 1.40 bits per heavy atom. The lowest BCUT2D eigenvalue weighted by Gasteiger charge is -2.05. The van der Waals surface area contributed by atoms with E-state index in [2.05, 4.69) is 5.32 Å². The Balaban J connectivity index is 3.15. The van der Waals surface area contributed by atoms with E-state index in [0.29, 0.717) is 0 Å². The van der Waals surface area contributed by atoms with Crippen LogP contribution in [-0.2, 0) is 13.2 Å². The van der Waals surface area contributed by atoms with Gasteiger partial charge in [-0.1, -0.05) is 0 Å². The molecule has 0 bridgehead atoms. The molecule has 0 atom stereocenters. The van der Waals surface area contributed by atoms with Crippen LogP contribution in [0.15, 0.2) is 18.3 Å². The molecule has 0 spiro atoms. The molecule has 1 rings (SSSR count). The second-order valence-electron chi connectivity index (χ2n) is 2.99. The minimum atomic E-state index is -4.41. The second kappa shape index (κ2) is 3.88. The van der Waals surface area contributed by atoms with Crippen LogP contribution in [-0.4, -0.2) is 13.0 Å². The molecule has 1 aromatic heterocycles. The van der Waals surface area contributed by atoms with E-state index in [-0.39, 0.29) is 5.56 Å². The van der Waals surface area contributed by atoms with Crippen molar-refractivity contribution in [3.05, 3.63) is 29.6 Å². The van der Waals surface area contributed by atoms with E-state index < -0.39 is 17.8 Å². The molecule has 1 N–H and O–H groups in total. The average Bonchev–Trinajstić information content (AvgIpc) is 2.14. The zero-order valence-electron chi connectivity index (χ0n) is 8.22. The number of carbonyl (C=O) groups excluding carboxylic acids is 1. The topological polar surface area (TPSA) is 33.0 Å². The van der Waals surface area contributed by atoms with Crippen LogP contribution in [0.2, 0.25) is 0 Å². The van der Waals surface area contributed by atoms with Crippen molar-refractivity contribution < 1.29 is 22.5 Å². The highest BCUT2D eigenvalue weighted by molar-refractivity contribution is 5.93. The number of amides is 1. The molecule has 0 aliphatic carbocycles. The number of aryl methyl sites for hydroxylation is 1. The largest absolute Gasteiger partial charge is 0.477 e. The van der Waals surface area contributed by atoms with Crippen molar-refractivity contribution in [2.45, 2.75) is 6.18 Å². The number of carbonyl (C=O) groups is 1. The summed E-state index contributed by atoms with van der Waals surface area (Å²) in [6, 6.07) is 2.02. The number of rotatable bonds is 1. The number of pyridine rings is 1. The SMILES string of the molecule is CNC(=O)c1ccc(C(F)(F)F)[n+](C)c1. The summed E-state index contributed by atoms with van der Waals surface area (Å²) in [5.41, 5.74) is -0.608. The second-order valence-corrected chi connectivity index (χ2v) is 2.99. The highest BCUT2D eigenvalue weighted by Crippen LogP contribution is 2.26. The summed E-state index contributed by atoms with van der Waals surface area (Å²) >= 11 is 0. The van der Waals surface area contributed by atoms with Gasteiger partial charge in [0.15, 0.2) is 6.20 Å². The zero-order chi connectivity index (χ0) is 11.6. The molecule has 0 radical (unpaired) electrons. The fourth-order valence-corrected chi connectivity index (χ4v) is 1.18. The van der Waals surface area contributed by atoms with Crippen LogP contribution in [0.25, 0.3) is 0 Å². The van der Waals surface area contributed by atoms with Crippen molar-refractivity contribution in [2.75, 3.05) is 7.05 Å². The maximum absolute atomic E-state index is 12.3. The molecule has 0 aliphatic rings. The van der Waals surface area contributed by atoms with E-state index in [1.54, 1.807) is 0 Å². The predicted molar refractivity (Wildman–Crippen MR) is 46.0 cm³/mol. The summed E-state index contributed by atoms with van der Waals surface area (Å²) < 4.78 is 37.9. The first-order valence-corrected chi connectivity index (χ1v) is 4.15. The van der Waals surface area contributed by atoms with Crippen molar-refractivity contribution >= 4 is 5.91 Å². The minimum Gasteiger partial charge on any atom is -0.355 e. The van der Waals surface area contributed by atoms with Gasteiger partial charge in [-0.15, -0.1) is 0 Å². The molecule has 0 aliphatic heterocycles. The van der Waals surface area contributed by atoms with Gasteiger partial charge in [-0.05, 0) is 6.07 Å².